The fraction of sp³-hybridized carbons (Fsp3) is 0.185. The predicted octanol–water partition coefficient (Wildman–Crippen LogP) is 4.59. The van der Waals surface area contributed by atoms with Crippen LogP contribution in [-0.2, 0) is 13.1 Å². The minimum absolute atomic E-state index is 0.0585. The zero-order chi connectivity index (χ0) is 23.7. The van der Waals surface area contributed by atoms with Gasteiger partial charge in [0.1, 0.15) is 19.0 Å². The summed E-state index contributed by atoms with van der Waals surface area (Å²) in [5.41, 5.74) is 2.98. The molecule has 6 nitrogen and oxygen atoms in total. The van der Waals surface area contributed by atoms with E-state index in [1.807, 2.05) is 37.3 Å². The minimum atomic E-state index is -0.489. The molecule has 7 heteroatoms. The number of halogens is 1. The number of nitrogens with zero attached hydrogens (tertiary/aromatic N) is 1. The van der Waals surface area contributed by atoms with Gasteiger partial charge in [-0.05, 0) is 42.8 Å². The number of aromatic nitrogens is 1. The highest BCUT2D eigenvalue weighted by Gasteiger charge is 2.20. The first kappa shape index (κ1) is 21.7. The maximum Gasteiger partial charge on any atom is 0.254 e. The topological polar surface area (TPSA) is 71.6 Å². The van der Waals surface area contributed by atoms with E-state index in [0.717, 1.165) is 16.5 Å². The van der Waals surface area contributed by atoms with Gasteiger partial charge in [0.25, 0.3) is 11.5 Å². The van der Waals surface area contributed by atoms with E-state index in [2.05, 4.69) is 4.98 Å². The van der Waals surface area contributed by atoms with E-state index >= 15 is 0 Å². The van der Waals surface area contributed by atoms with Crippen LogP contribution in [0.1, 0.15) is 27.0 Å². The Morgan fingerprint density at radius 1 is 0.971 bits per heavy atom. The molecule has 1 aliphatic rings. The number of nitrogens with one attached hydrogen (secondary N) is 1. The SMILES string of the molecule is Cc1ccc(CN(Cc2cc3cc4c(cc3[nH]c2=O)OCCO4)C(=O)c2cccc(F)c2)cc1. The Kier molecular flexibility index (Phi) is 5.76. The summed E-state index contributed by atoms with van der Waals surface area (Å²) in [6, 6.07) is 18.7. The number of pyridine rings is 1. The van der Waals surface area contributed by atoms with E-state index < -0.39 is 5.82 Å². The maximum atomic E-state index is 13.8. The molecule has 1 N–H and O–H groups in total. The van der Waals surface area contributed by atoms with Crippen LogP contribution in [0.5, 0.6) is 11.5 Å². The number of aryl methyl sites for hydroxylation is 1. The fourth-order valence-corrected chi connectivity index (χ4v) is 4.03. The van der Waals surface area contributed by atoms with Crippen molar-refractivity contribution in [3.63, 3.8) is 0 Å². The lowest BCUT2D eigenvalue weighted by Gasteiger charge is -2.23. The Bertz CT molecular complexity index is 1430. The molecule has 3 aromatic carbocycles. The van der Waals surface area contributed by atoms with Gasteiger partial charge in [-0.25, -0.2) is 4.39 Å². The minimum Gasteiger partial charge on any atom is -0.486 e. The Morgan fingerprint density at radius 2 is 1.71 bits per heavy atom. The van der Waals surface area contributed by atoms with E-state index in [4.69, 9.17) is 9.47 Å². The Balaban J connectivity index is 1.51. The Morgan fingerprint density at radius 3 is 2.44 bits per heavy atom. The van der Waals surface area contributed by atoms with Gasteiger partial charge < -0.3 is 19.4 Å². The molecule has 0 atom stereocenters. The highest BCUT2D eigenvalue weighted by molar-refractivity contribution is 5.94. The normalized spacial score (nSPS) is 12.5. The largest absolute Gasteiger partial charge is 0.486 e. The summed E-state index contributed by atoms with van der Waals surface area (Å²) in [5, 5.41) is 0.771. The number of rotatable bonds is 5. The van der Waals surface area contributed by atoms with Gasteiger partial charge in [-0.2, -0.15) is 0 Å². The summed E-state index contributed by atoms with van der Waals surface area (Å²) in [5.74, 6) is 0.354. The Hall–Kier alpha value is -4.13. The molecule has 0 aliphatic carbocycles. The molecule has 0 bridgehead atoms. The number of ether oxygens (including phenoxy) is 2. The molecule has 0 spiro atoms. The molecule has 0 saturated carbocycles. The van der Waals surface area contributed by atoms with E-state index in [-0.39, 0.29) is 30.1 Å². The number of amides is 1. The number of carbonyl (C=O) groups excluding carboxylic acids is 1. The first-order valence-electron chi connectivity index (χ1n) is 11.0. The second kappa shape index (κ2) is 9.02. The third-order valence-corrected chi connectivity index (χ3v) is 5.80. The molecule has 172 valence electrons. The average molecular weight is 458 g/mol. The maximum absolute atomic E-state index is 13.8. The van der Waals surface area contributed by atoms with Crippen molar-refractivity contribution in [1.29, 1.82) is 0 Å². The lowest BCUT2D eigenvalue weighted by Crippen LogP contribution is -2.32. The van der Waals surface area contributed by atoms with Gasteiger partial charge in [0.15, 0.2) is 11.5 Å². The van der Waals surface area contributed by atoms with Crippen LogP contribution in [0, 0.1) is 12.7 Å². The van der Waals surface area contributed by atoms with Crippen molar-refractivity contribution >= 4 is 16.8 Å². The van der Waals surface area contributed by atoms with Crippen LogP contribution in [0.15, 0.2) is 71.5 Å². The number of carbonyl (C=O) groups is 1. The predicted molar refractivity (Wildman–Crippen MR) is 127 cm³/mol. The standard InChI is InChI=1S/C27H23FN2O4/c1-17-5-7-18(8-6-17)15-30(27(32)19-3-2-4-22(28)12-19)16-21-11-20-13-24-25(34-10-9-33-24)14-23(20)29-26(21)31/h2-8,11-14H,9-10,15-16H2,1H3,(H,29,31). The van der Waals surface area contributed by atoms with Gasteiger partial charge in [-0.1, -0.05) is 35.9 Å². The molecule has 1 aliphatic heterocycles. The molecule has 0 fully saturated rings. The van der Waals surface area contributed by atoms with Gasteiger partial charge in [0.2, 0.25) is 0 Å². The molecule has 0 saturated heterocycles. The van der Waals surface area contributed by atoms with Crippen LogP contribution >= 0.6 is 0 Å². The van der Waals surface area contributed by atoms with E-state index in [1.54, 1.807) is 23.1 Å². The molecule has 2 heterocycles. The molecule has 34 heavy (non-hydrogen) atoms. The smallest absolute Gasteiger partial charge is 0.254 e. The van der Waals surface area contributed by atoms with Crippen molar-refractivity contribution < 1.29 is 18.7 Å². The summed E-state index contributed by atoms with van der Waals surface area (Å²) in [6.45, 7) is 3.23. The number of benzene rings is 3. The van der Waals surface area contributed by atoms with Gasteiger partial charge in [0, 0.05) is 29.1 Å². The number of fused-ring (bicyclic) bond motifs is 2. The molecular weight excluding hydrogens is 435 g/mol. The summed E-state index contributed by atoms with van der Waals surface area (Å²) in [7, 11) is 0. The molecule has 5 rings (SSSR count). The molecule has 0 unspecified atom stereocenters. The Labute approximate surface area is 195 Å². The van der Waals surface area contributed by atoms with Gasteiger partial charge in [0.05, 0.1) is 12.1 Å². The lowest BCUT2D eigenvalue weighted by molar-refractivity contribution is 0.0729. The highest BCUT2D eigenvalue weighted by Crippen LogP contribution is 2.33. The van der Waals surface area contributed by atoms with Gasteiger partial charge in [-0.15, -0.1) is 0 Å². The molecule has 0 radical (unpaired) electrons. The van der Waals surface area contributed by atoms with Gasteiger partial charge in [-0.3, -0.25) is 9.59 Å². The number of H-pyrrole nitrogens is 1. The van der Waals surface area contributed by atoms with Crippen molar-refractivity contribution in [2.24, 2.45) is 0 Å². The van der Waals surface area contributed by atoms with Crippen LogP contribution < -0.4 is 15.0 Å². The van der Waals surface area contributed by atoms with Crippen LogP contribution in [0.4, 0.5) is 4.39 Å². The zero-order valence-electron chi connectivity index (χ0n) is 18.6. The second-order valence-electron chi connectivity index (χ2n) is 8.36. The third-order valence-electron chi connectivity index (χ3n) is 5.80. The van der Waals surface area contributed by atoms with Gasteiger partial charge >= 0.3 is 0 Å². The van der Waals surface area contributed by atoms with Crippen LogP contribution in [-0.4, -0.2) is 29.0 Å². The van der Waals surface area contributed by atoms with Crippen molar-refractivity contribution in [2.75, 3.05) is 13.2 Å². The van der Waals surface area contributed by atoms with Crippen molar-refractivity contribution in [2.45, 2.75) is 20.0 Å². The number of aromatic amines is 1. The molecular formula is C27H23FN2O4. The second-order valence-corrected chi connectivity index (χ2v) is 8.36. The summed E-state index contributed by atoms with van der Waals surface area (Å²) >= 11 is 0. The van der Waals surface area contributed by atoms with E-state index in [0.29, 0.717) is 35.8 Å². The zero-order valence-corrected chi connectivity index (χ0v) is 18.6. The number of hydrogen-bond acceptors (Lipinski definition) is 4. The first-order valence-corrected chi connectivity index (χ1v) is 11.0. The summed E-state index contributed by atoms with van der Waals surface area (Å²) < 4.78 is 25.1. The summed E-state index contributed by atoms with van der Waals surface area (Å²) in [6.07, 6.45) is 0. The number of hydrogen-bond donors (Lipinski definition) is 1. The van der Waals surface area contributed by atoms with E-state index in [9.17, 15) is 14.0 Å². The third kappa shape index (κ3) is 4.50. The average Bonchev–Trinajstić information content (AvgIpc) is 2.83. The van der Waals surface area contributed by atoms with Crippen LogP contribution in [0.25, 0.3) is 10.9 Å². The monoisotopic (exact) mass is 458 g/mol. The molecule has 1 amide bonds. The molecule has 1 aromatic heterocycles. The first-order chi connectivity index (χ1) is 16.5. The molecule has 4 aromatic rings. The van der Waals surface area contributed by atoms with Crippen molar-refractivity contribution in [3.05, 3.63) is 105 Å². The van der Waals surface area contributed by atoms with Crippen molar-refractivity contribution in [3.8, 4) is 11.5 Å². The fourth-order valence-electron chi connectivity index (χ4n) is 4.03. The highest BCUT2D eigenvalue weighted by atomic mass is 19.1. The lowest BCUT2D eigenvalue weighted by atomic mass is 10.1. The van der Waals surface area contributed by atoms with E-state index in [1.165, 1.54) is 18.2 Å². The van der Waals surface area contributed by atoms with Crippen LogP contribution in [0.2, 0.25) is 0 Å². The van der Waals surface area contributed by atoms with Crippen LogP contribution in [0.3, 0.4) is 0 Å². The summed E-state index contributed by atoms with van der Waals surface area (Å²) in [4.78, 5) is 30.7. The van der Waals surface area contributed by atoms with Crippen molar-refractivity contribution in [1.82, 2.24) is 9.88 Å². The quantitative estimate of drug-likeness (QED) is 0.475.